The molecule has 1 heterocycles. The van der Waals surface area contributed by atoms with E-state index in [0.717, 1.165) is 23.6 Å². The zero-order chi connectivity index (χ0) is 23.0. The average Bonchev–Trinajstić information content (AvgIpc) is 3.25. The molecule has 0 aliphatic heterocycles. The largest absolute Gasteiger partial charge is 0.492 e. The fourth-order valence-corrected chi connectivity index (χ4v) is 3.85. The SMILES string of the molecule is O=C(CSc1nnc(-c2ccccc2)n1-c1ccc(F)cc1F)NCCOc1ccccc1. The highest BCUT2D eigenvalue weighted by molar-refractivity contribution is 7.99. The van der Waals surface area contributed by atoms with Crippen LogP contribution in [0.25, 0.3) is 17.1 Å². The molecule has 4 aromatic rings. The molecule has 9 heteroatoms. The predicted molar refractivity (Wildman–Crippen MR) is 122 cm³/mol. The van der Waals surface area contributed by atoms with Crippen LogP contribution in [0, 0.1) is 11.6 Å². The van der Waals surface area contributed by atoms with Gasteiger partial charge in [-0.05, 0) is 24.3 Å². The fourth-order valence-electron chi connectivity index (χ4n) is 3.07. The van der Waals surface area contributed by atoms with Crippen LogP contribution in [-0.2, 0) is 4.79 Å². The number of carbonyl (C=O) groups is 1. The molecular weight excluding hydrogens is 446 g/mol. The number of ether oxygens (including phenoxy) is 1. The summed E-state index contributed by atoms with van der Waals surface area (Å²) in [6, 6.07) is 21.7. The van der Waals surface area contributed by atoms with Crippen molar-refractivity contribution in [3.05, 3.63) is 90.5 Å². The van der Waals surface area contributed by atoms with E-state index in [-0.39, 0.29) is 17.3 Å². The fraction of sp³-hybridized carbons (Fsp3) is 0.125. The highest BCUT2D eigenvalue weighted by Crippen LogP contribution is 2.29. The Hall–Kier alpha value is -3.72. The van der Waals surface area contributed by atoms with Crippen molar-refractivity contribution in [3.8, 4) is 22.8 Å². The van der Waals surface area contributed by atoms with Crippen LogP contribution in [0.1, 0.15) is 0 Å². The van der Waals surface area contributed by atoms with Crippen molar-refractivity contribution in [2.24, 2.45) is 0 Å². The average molecular weight is 467 g/mol. The van der Waals surface area contributed by atoms with Crippen LogP contribution in [-0.4, -0.2) is 39.6 Å². The van der Waals surface area contributed by atoms with E-state index < -0.39 is 11.6 Å². The lowest BCUT2D eigenvalue weighted by Gasteiger charge is -2.11. The van der Waals surface area contributed by atoms with Crippen LogP contribution in [0.2, 0.25) is 0 Å². The topological polar surface area (TPSA) is 69.0 Å². The lowest BCUT2D eigenvalue weighted by atomic mass is 10.2. The van der Waals surface area contributed by atoms with Gasteiger partial charge in [0.25, 0.3) is 0 Å². The Balaban J connectivity index is 1.45. The van der Waals surface area contributed by atoms with E-state index in [1.54, 1.807) is 0 Å². The van der Waals surface area contributed by atoms with Crippen molar-refractivity contribution in [3.63, 3.8) is 0 Å². The number of halogens is 2. The first-order valence-corrected chi connectivity index (χ1v) is 11.1. The third kappa shape index (κ3) is 5.75. The molecule has 6 nitrogen and oxygen atoms in total. The third-order valence-electron chi connectivity index (χ3n) is 4.58. The molecule has 4 rings (SSSR count). The molecule has 0 fully saturated rings. The van der Waals surface area contributed by atoms with Gasteiger partial charge in [-0.1, -0.05) is 60.3 Å². The van der Waals surface area contributed by atoms with E-state index in [2.05, 4.69) is 15.5 Å². The van der Waals surface area contributed by atoms with Crippen LogP contribution in [0.4, 0.5) is 8.78 Å². The number of hydrogen-bond donors (Lipinski definition) is 1. The first-order chi connectivity index (χ1) is 16.1. The molecule has 0 bridgehead atoms. The smallest absolute Gasteiger partial charge is 0.230 e. The van der Waals surface area contributed by atoms with Crippen LogP contribution in [0.15, 0.2) is 84.0 Å². The maximum Gasteiger partial charge on any atom is 0.230 e. The van der Waals surface area contributed by atoms with Crippen molar-refractivity contribution >= 4 is 17.7 Å². The summed E-state index contributed by atoms with van der Waals surface area (Å²) < 4.78 is 35.1. The van der Waals surface area contributed by atoms with E-state index >= 15 is 0 Å². The number of carbonyl (C=O) groups excluding carboxylic acids is 1. The lowest BCUT2D eigenvalue weighted by molar-refractivity contribution is -0.118. The molecule has 0 saturated heterocycles. The molecule has 1 N–H and O–H groups in total. The van der Waals surface area contributed by atoms with E-state index in [4.69, 9.17) is 4.74 Å². The normalized spacial score (nSPS) is 10.7. The first kappa shape index (κ1) is 22.5. The Morgan fingerprint density at radius 1 is 0.970 bits per heavy atom. The van der Waals surface area contributed by atoms with Crippen molar-refractivity contribution < 1.29 is 18.3 Å². The van der Waals surface area contributed by atoms with Gasteiger partial charge in [0.2, 0.25) is 5.91 Å². The Morgan fingerprint density at radius 3 is 2.42 bits per heavy atom. The quantitative estimate of drug-likeness (QED) is 0.291. The number of aromatic nitrogens is 3. The van der Waals surface area contributed by atoms with Gasteiger partial charge in [-0.2, -0.15) is 0 Å². The minimum atomic E-state index is -0.753. The summed E-state index contributed by atoms with van der Waals surface area (Å²) >= 11 is 1.11. The standard InChI is InChI=1S/C24H20F2N4O2S/c25-18-11-12-21(20(26)15-18)30-23(17-7-3-1-4-8-17)28-29-24(30)33-16-22(31)27-13-14-32-19-9-5-2-6-10-19/h1-12,15H,13-14,16H2,(H,27,31). The molecule has 0 radical (unpaired) electrons. The number of thioether (sulfide) groups is 1. The van der Waals surface area contributed by atoms with Crippen LogP contribution in [0.3, 0.4) is 0 Å². The summed E-state index contributed by atoms with van der Waals surface area (Å²) in [5, 5.41) is 11.4. The number of para-hydroxylation sites is 1. The maximum absolute atomic E-state index is 14.6. The molecule has 0 saturated carbocycles. The van der Waals surface area contributed by atoms with Gasteiger partial charge in [0, 0.05) is 11.6 Å². The Kier molecular flexibility index (Phi) is 7.31. The van der Waals surface area contributed by atoms with Gasteiger partial charge in [-0.3, -0.25) is 9.36 Å². The molecule has 33 heavy (non-hydrogen) atoms. The Morgan fingerprint density at radius 2 is 1.70 bits per heavy atom. The number of rotatable bonds is 9. The zero-order valence-corrected chi connectivity index (χ0v) is 18.3. The van der Waals surface area contributed by atoms with E-state index in [0.29, 0.717) is 29.7 Å². The number of nitrogens with one attached hydrogen (secondary N) is 1. The molecule has 0 atom stereocenters. The molecule has 0 aliphatic carbocycles. The summed E-state index contributed by atoms with van der Waals surface area (Å²) in [4.78, 5) is 12.3. The second kappa shape index (κ2) is 10.7. The Bertz CT molecular complexity index is 1220. The number of hydrogen-bond acceptors (Lipinski definition) is 5. The molecule has 0 unspecified atom stereocenters. The molecule has 1 amide bonds. The second-order valence-electron chi connectivity index (χ2n) is 6.90. The van der Waals surface area contributed by atoms with Gasteiger partial charge in [0.1, 0.15) is 24.0 Å². The van der Waals surface area contributed by atoms with Crippen molar-refractivity contribution in [1.29, 1.82) is 0 Å². The number of amides is 1. The summed E-state index contributed by atoms with van der Waals surface area (Å²) in [6.45, 7) is 0.665. The van der Waals surface area contributed by atoms with E-state index in [1.165, 1.54) is 16.7 Å². The number of benzene rings is 3. The van der Waals surface area contributed by atoms with Gasteiger partial charge in [-0.25, -0.2) is 8.78 Å². The Labute approximate surface area is 193 Å². The highest BCUT2D eigenvalue weighted by Gasteiger charge is 2.20. The molecule has 0 aliphatic rings. The summed E-state index contributed by atoms with van der Waals surface area (Å²) in [5.41, 5.74) is 0.808. The van der Waals surface area contributed by atoms with Crippen molar-refractivity contribution in [2.45, 2.75) is 5.16 Å². The summed E-state index contributed by atoms with van der Waals surface area (Å²) in [6.07, 6.45) is 0. The number of nitrogens with zero attached hydrogens (tertiary/aromatic N) is 3. The van der Waals surface area contributed by atoms with Crippen LogP contribution in [0.5, 0.6) is 5.75 Å². The van der Waals surface area contributed by atoms with Crippen molar-refractivity contribution in [2.75, 3.05) is 18.9 Å². The van der Waals surface area contributed by atoms with E-state index in [1.807, 2.05) is 60.7 Å². The monoisotopic (exact) mass is 466 g/mol. The first-order valence-electron chi connectivity index (χ1n) is 10.2. The van der Waals surface area contributed by atoms with Gasteiger partial charge in [0.05, 0.1) is 18.0 Å². The van der Waals surface area contributed by atoms with Gasteiger partial charge < -0.3 is 10.1 Å². The second-order valence-corrected chi connectivity index (χ2v) is 7.85. The van der Waals surface area contributed by atoms with Gasteiger partial charge >= 0.3 is 0 Å². The van der Waals surface area contributed by atoms with Crippen LogP contribution < -0.4 is 10.1 Å². The summed E-state index contributed by atoms with van der Waals surface area (Å²) in [5.74, 6) is -0.509. The third-order valence-corrected chi connectivity index (χ3v) is 5.51. The molecular formula is C24H20F2N4O2S. The lowest BCUT2D eigenvalue weighted by Crippen LogP contribution is -2.29. The van der Waals surface area contributed by atoms with Gasteiger partial charge in [-0.15, -0.1) is 10.2 Å². The maximum atomic E-state index is 14.6. The molecule has 168 valence electrons. The van der Waals surface area contributed by atoms with Crippen molar-refractivity contribution in [1.82, 2.24) is 20.1 Å². The highest BCUT2D eigenvalue weighted by atomic mass is 32.2. The minimum Gasteiger partial charge on any atom is -0.492 e. The van der Waals surface area contributed by atoms with Gasteiger partial charge in [0.15, 0.2) is 11.0 Å². The van der Waals surface area contributed by atoms with E-state index in [9.17, 15) is 13.6 Å². The molecule has 0 spiro atoms. The molecule has 1 aromatic heterocycles. The van der Waals surface area contributed by atoms with Crippen LogP contribution >= 0.6 is 11.8 Å². The molecule has 3 aromatic carbocycles. The zero-order valence-electron chi connectivity index (χ0n) is 17.4. The summed E-state index contributed by atoms with van der Waals surface area (Å²) in [7, 11) is 0. The predicted octanol–water partition coefficient (Wildman–Crippen LogP) is 4.50. The minimum absolute atomic E-state index is 0.0427.